The van der Waals surface area contributed by atoms with Crippen molar-refractivity contribution in [1.29, 1.82) is 0 Å². The van der Waals surface area contributed by atoms with Crippen LogP contribution in [0.25, 0.3) is 0 Å². The van der Waals surface area contributed by atoms with Crippen LogP contribution in [-0.2, 0) is 4.74 Å². The Morgan fingerprint density at radius 3 is 3.10 bits per heavy atom. The van der Waals surface area contributed by atoms with Crippen LogP contribution >= 0.6 is 27.5 Å². The molecule has 0 aliphatic carbocycles. The van der Waals surface area contributed by atoms with Crippen molar-refractivity contribution in [2.45, 2.75) is 19.8 Å². The van der Waals surface area contributed by atoms with Crippen LogP contribution < -0.4 is 0 Å². The molecular formula is C15H19BrClNO2. The van der Waals surface area contributed by atoms with Gasteiger partial charge in [0.25, 0.3) is 5.91 Å². The lowest BCUT2D eigenvalue weighted by atomic mass is 9.98. The van der Waals surface area contributed by atoms with Crippen molar-refractivity contribution in [3.63, 3.8) is 0 Å². The molecule has 110 valence electrons. The van der Waals surface area contributed by atoms with Crippen molar-refractivity contribution in [1.82, 2.24) is 4.90 Å². The van der Waals surface area contributed by atoms with Crippen LogP contribution in [0.15, 0.2) is 22.7 Å². The zero-order chi connectivity index (χ0) is 14.5. The summed E-state index contributed by atoms with van der Waals surface area (Å²) >= 11 is 9.52. The van der Waals surface area contributed by atoms with Crippen LogP contribution in [-0.4, -0.2) is 37.1 Å². The molecule has 5 heteroatoms. The number of rotatable bonds is 4. The summed E-state index contributed by atoms with van der Waals surface area (Å²) in [5.74, 6) is 0.441. The monoisotopic (exact) mass is 359 g/mol. The van der Waals surface area contributed by atoms with Gasteiger partial charge >= 0.3 is 0 Å². The highest BCUT2D eigenvalue weighted by Gasteiger charge is 2.25. The maximum absolute atomic E-state index is 12.6. The molecule has 1 amide bonds. The number of ether oxygens (including phenoxy) is 1. The van der Waals surface area contributed by atoms with Crippen LogP contribution in [0.5, 0.6) is 0 Å². The van der Waals surface area contributed by atoms with Crippen molar-refractivity contribution < 1.29 is 9.53 Å². The highest BCUT2D eigenvalue weighted by Crippen LogP contribution is 2.25. The second-order valence-corrected chi connectivity index (χ2v) is 6.37. The maximum atomic E-state index is 12.6. The molecule has 20 heavy (non-hydrogen) atoms. The first-order valence-electron chi connectivity index (χ1n) is 6.94. The lowest BCUT2D eigenvalue weighted by Gasteiger charge is -2.32. The third kappa shape index (κ3) is 3.96. The highest BCUT2D eigenvalue weighted by molar-refractivity contribution is 9.10. The van der Waals surface area contributed by atoms with Gasteiger partial charge in [0.15, 0.2) is 0 Å². The van der Waals surface area contributed by atoms with Crippen LogP contribution in [0.4, 0.5) is 0 Å². The molecule has 0 N–H and O–H groups in total. The fourth-order valence-corrected chi connectivity index (χ4v) is 3.06. The first kappa shape index (κ1) is 15.8. The topological polar surface area (TPSA) is 29.5 Å². The molecule has 1 saturated heterocycles. The van der Waals surface area contributed by atoms with E-state index in [1.165, 1.54) is 0 Å². The maximum Gasteiger partial charge on any atom is 0.255 e. The van der Waals surface area contributed by atoms with Gasteiger partial charge < -0.3 is 9.64 Å². The molecule has 1 aliphatic heterocycles. The number of benzene rings is 1. The normalized spacial score (nSPS) is 19.1. The van der Waals surface area contributed by atoms with Gasteiger partial charge in [0, 0.05) is 24.2 Å². The zero-order valence-electron chi connectivity index (χ0n) is 11.6. The third-order valence-corrected chi connectivity index (χ3v) is 4.35. The summed E-state index contributed by atoms with van der Waals surface area (Å²) in [6.45, 7) is 4.99. The Morgan fingerprint density at radius 1 is 1.55 bits per heavy atom. The summed E-state index contributed by atoms with van der Waals surface area (Å²) in [4.78, 5) is 14.5. The number of piperidine rings is 1. The van der Waals surface area contributed by atoms with E-state index >= 15 is 0 Å². The standard InChI is InChI=1S/C15H19BrClNO2/c1-2-20-10-11-4-3-7-18(9-11)15(19)13-8-12(16)5-6-14(13)17/h5-6,8,11H,2-4,7,9-10H2,1H3. The van der Waals surface area contributed by atoms with E-state index in [0.29, 0.717) is 16.5 Å². The Morgan fingerprint density at radius 2 is 2.35 bits per heavy atom. The molecule has 1 unspecified atom stereocenters. The highest BCUT2D eigenvalue weighted by atomic mass is 79.9. The molecule has 1 aliphatic rings. The lowest BCUT2D eigenvalue weighted by molar-refractivity contribution is 0.0501. The van der Waals surface area contributed by atoms with Crippen molar-refractivity contribution in [3.05, 3.63) is 33.3 Å². The number of carbonyl (C=O) groups excluding carboxylic acids is 1. The number of hydrogen-bond acceptors (Lipinski definition) is 2. The lowest BCUT2D eigenvalue weighted by Crippen LogP contribution is -2.41. The summed E-state index contributed by atoms with van der Waals surface area (Å²) in [6, 6.07) is 5.38. The van der Waals surface area contributed by atoms with Crippen LogP contribution in [0.2, 0.25) is 5.02 Å². The first-order valence-corrected chi connectivity index (χ1v) is 8.11. The second-order valence-electron chi connectivity index (χ2n) is 5.04. The average molecular weight is 361 g/mol. The Hall–Kier alpha value is -0.580. The minimum absolute atomic E-state index is 0.0116. The molecule has 1 heterocycles. The molecule has 3 nitrogen and oxygen atoms in total. The molecule has 0 bridgehead atoms. The van der Waals surface area contributed by atoms with Gasteiger partial charge in [0.2, 0.25) is 0 Å². The van der Waals surface area contributed by atoms with Crippen molar-refractivity contribution in [3.8, 4) is 0 Å². The molecule has 0 aromatic heterocycles. The van der Waals surface area contributed by atoms with E-state index < -0.39 is 0 Å². The van der Waals surface area contributed by atoms with Gasteiger partial charge in [-0.3, -0.25) is 4.79 Å². The number of hydrogen-bond donors (Lipinski definition) is 0. The molecule has 0 saturated carbocycles. The number of nitrogens with zero attached hydrogens (tertiary/aromatic N) is 1. The molecule has 1 fully saturated rings. The minimum atomic E-state index is 0.0116. The predicted octanol–water partition coefficient (Wildman–Crippen LogP) is 3.99. The van der Waals surface area contributed by atoms with Gasteiger partial charge in [0.1, 0.15) is 0 Å². The SMILES string of the molecule is CCOCC1CCCN(C(=O)c2cc(Br)ccc2Cl)C1. The Bertz CT molecular complexity index is 481. The molecular weight excluding hydrogens is 342 g/mol. The van der Waals surface area contributed by atoms with Gasteiger partial charge in [-0.1, -0.05) is 27.5 Å². The Labute approximate surface area is 133 Å². The van der Waals surface area contributed by atoms with E-state index in [-0.39, 0.29) is 5.91 Å². The smallest absolute Gasteiger partial charge is 0.255 e. The fraction of sp³-hybridized carbons (Fsp3) is 0.533. The molecule has 0 radical (unpaired) electrons. The van der Waals surface area contributed by atoms with E-state index in [4.69, 9.17) is 16.3 Å². The van der Waals surface area contributed by atoms with Crippen molar-refractivity contribution >= 4 is 33.4 Å². The van der Waals surface area contributed by atoms with Crippen LogP contribution in [0.3, 0.4) is 0 Å². The van der Waals surface area contributed by atoms with Gasteiger partial charge in [-0.15, -0.1) is 0 Å². The molecule has 1 aromatic carbocycles. The first-order chi connectivity index (χ1) is 9.61. The molecule has 0 spiro atoms. The van der Waals surface area contributed by atoms with E-state index in [1.807, 2.05) is 17.9 Å². The number of carbonyl (C=O) groups is 1. The summed E-state index contributed by atoms with van der Waals surface area (Å²) < 4.78 is 6.35. The molecule has 1 aromatic rings. The zero-order valence-corrected chi connectivity index (χ0v) is 13.9. The van der Waals surface area contributed by atoms with Gasteiger partial charge in [-0.25, -0.2) is 0 Å². The van der Waals surface area contributed by atoms with Gasteiger partial charge in [-0.2, -0.15) is 0 Å². The van der Waals surface area contributed by atoms with E-state index in [9.17, 15) is 4.79 Å². The minimum Gasteiger partial charge on any atom is -0.381 e. The summed E-state index contributed by atoms with van der Waals surface area (Å²) in [5, 5.41) is 0.505. The molecule has 2 rings (SSSR count). The summed E-state index contributed by atoms with van der Waals surface area (Å²) in [6.07, 6.45) is 2.14. The quantitative estimate of drug-likeness (QED) is 0.812. The largest absolute Gasteiger partial charge is 0.381 e. The van der Waals surface area contributed by atoms with Crippen LogP contribution in [0, 0.1) is 5.92 Å². The van der Waals surface area contributed by atoms with E-state index in [1.54, 1.807) is 12.1 Å². The van der Waals surface area contributed by atoms with E-state index in [2.05, 4.69) is 15.9 Å². The Balaban J connectivity index is 2.06. The summed E-state index contributed by atoms with van der Waals surface area (Å²) in [5.41, 5.74) is 0.568. The average Bonchev–Trinajstić information content (AvgIpc) is 2.47. The number of halogens is 2. The predicted molar refractivity (Wildman–Crippen MR) is 84.3 cm³/mol. The van der Waals surface area contributed by atoms with Gasteiger partial charge in [0.05, 0.1) is 17.2 Å². The van der Waals surface area contributed by atoms with Crippen molar-refractivity contribution in [2.24, 2.45) is 5.92 Å². The second kappa shape index (κ2) is 7.43. The number of amides is 1. The third-order valence-electron chi connectivity index (χ3n) is 3.52. The van der Waals surface area contributed by atoms with Crippen LogP contribution in [0.1, 0.15) is 30.1 Å². The fourth-order valence-electron chi connectivity index (χ4n) is 2.50. The number of likely N-dealkylation sites (tertiary alicyclic amines) is 1. The Kier molecular flexibility index (Phi) is 5.87. The van der Waals surface area contributed by atoms with Gasteiger partial charge in [-0.05, 0) is 43.9 Å². The summed E-state index contributed by atoms with van der Waals surface area (Å²) in [7, 11) is 0. The molecule has 1 atom stereocenters. The van der Waals surface area contributed by atoms with E-state index in [0.717, 1.165) is 43.6 Å². The van der Waals surface area contributed by atoms with Crippen molar-refractivity contribution in [2.75, 3.05) is 26.3 Å².